The molecule has 2 atom stereocenters. The van der Waals surface area contributed by atoms with Crippen LogP contribution in [0.2, 0.25) is 0 Å². The van der Waals surface area contributed by atoms with E-state index in [1.165, 1.54) is 25.5 Å². The van der Waals surface area contributed by atoms with Crippen molar-refractivity contribution in [1.29, 1.82) is 0 Å². The first-order valence-electron chi connectivity index (χ1n) is 8.10. The Labute approximate surface area is 125 Å². The van der Waals surface area contributed by atoms with Gasteiger partial charge in [0.25, 0.3) is 0 Å². The van der Waals surface area contributed by atoms with E-state index < -0.39 is 0 Å². The van der Waals surface area contributed by atoms with Crippen molar-refractivity contribution in [2.75, 3.05) is 6.54 Å². The molecular weight excluding hydrogens is 267 g/mol. The molecule has 0 N–H and O–H groups in total. The van der Waals surface area contributed by atoms with E-state index in [9.17, 15) is 9.18 Å². The average Bonchev–Trinajstić information content (AvgIpc) is 2.49. The predicted octanol–water partition coefficient (Wildman–Crippen LogP) is 3.33. The number of piperidine rings is 1. The van der Waals surface area contributed by atoms with E-state index in [4.69, 9.17) is 0 Å². The smallest absolute Gasteiger partial charge is 0.141 e. The number of aromatic nitrogens is 1. The molecule has 1 aliphatic heterocycles. The number of rotatable bonds is 3. The van der Waals surface area contributed by atoms with Crippen LogP contribution in [0.25, 0.3) is 0 Å². The number of carbonyl (C=O) groups is 1. The first kappa shape index (κ1) is 14.6. The average molecular weight is 290 g/mol. The highest BCUT2D eigenvalue weighted by molar-refractivity contribution is 5.82. The zero-order valence-corrected chi connectivity index (χ0v) is 12.4. The Morgan fingerprint density at radius 1 is 1.19 bits per heavy atom. The Morgan fingerprint density at radius 3 is 2.86 bits per heavy atom. The highest BCUT2D eigenvalue weighted by Gasteiger charge is 2.35. The van der Waals surface area contributed by atoms with E-state index in [0.29, 0.717) is 18.4 Å². The van der Waals surface area contributed by atoms with E-state index in [0.717, 1.165) is 37.8 Å². The van der Waals surface area contributed by atoms with Crippen molar-refractivity contribution in [3.8, 4) is 0 Å². The van der Waals surface area contributed by atoms with Crippen LogP contribution in [0.1, 0.15) is 50.5 Å². The molecule has 0 bridgehead atoms. The van der Waals surface area contributed by atoms with Crippen LogP contribution in [0, 0.1) is 11.7 Å². The van der Waals surface area contributed by atoms with E-state index >= 15 is 0 Å². The SMILES string of the molecule is O=C1CCCCC1C1CCCCN1Cc1cncc(F)c1. The summed E-state index contributed by atoms with van der Waals surface area (Å²) in [5.41, 5.74) is 0.908. The van der Waals surface area contributed by atoms with Crippen LogP contribution in [0.3, 0.4) is 0 Å². The molecule has 0 spiro atoms. The Kier molecular flexibility index (Phi) is 4.63. The summed E-state index contributed by atoms with van der Waals surface area (Å²) in [5, 5.41) is 0. The van der Waals surface area contributed by atoms with Gasteiger partial charge in [0.1, 0.15) is 11.6 Å². The topological polar surface area (TPSA) is 33.2 Å². The summed E-state index contributed by atoms with van der Waals surface area (Å²) in [7, 11) is 0. The number of ketones is 1. The normalized spacial score (nSPS) is 27.8. The molecule has 1 saturated heterocycles. The van der Waals surface area contributed by atoms with Crippen LogP contribution in [0.5, 0.6) is 0 Å². The number of Topliss-reactive ketones (excluding diaryl/α,β-unsaturated/α-hetero) is 1. The third kappa shape index (κ3) is 3.49. The zero-order chi connectivity index (χ0) is 14.7. The molecule has 0 aromatic carbocycles. The second-order valence-electron chi connectivity index (χ2n) is 6.36. The molecule has 1 aromatic heterocycles. The van der Waals surface area contributed by atoms with Gasteiger partial charge in [0.2, 0.25) is 0 Å². The van der Waals surface area contributed by atoms with E-state index in [1.807, 2.05) is 0 Å². The summed E-state index contributed by atoms with van der Waals surface area (Å²) >= 11 is 0. The number of carbonyl (C=O) groups excluding carboxylic acids is 1. The molecule has 3 nitrogen and oxygen atoms in total. The highest BCUT2D eigenvalue weighted by Crippen LogP contribution is 2.32. The highest BCUT2D eigenvalue weighted by atomic mass is 19.1. The summed E-state index contributed by atoms with van der Waals surface area (Å²) in [6.07, 6.45) is 10.4. The molecule has 1 aromatic rings. The standard InChI is InChI=1S/C17H23FN2O/c18-14-9-13(10-19-11-14)12-20-8-4-3-6-16(20)15-5-1-2-7-17(15)21/h9-11,15-16H,1-8,12H2. The number of nitrogens with zero attached hydrogens (tertiary/aromatic N) is 2. The van der Waals surface area contributed by atoms with Gasteiger partial charge in [-0.3, -0.25) is 14.7 Å². The van der Waals surface area contributed by atoms with Gasteiger partial charge in [-0.2, -0.15) is 0 Å². The number of hydrogen-bond acceptors (Lipinski definition) is 3. The van der Waals surface area contributed by atoms with Crippen molar-refractivity contribution >= 4 is 5.78 Å². The second kappa shape index (κ2) is 6.65. The molecule has 114 valence electrons. The third-order valence-corrected chi connectivity index (χ3v) is 4.88. The zero-order valence-electron chi connectivity index (χ0n) is 12.4. The van der Waals surface area contributed by atoms with Gasteiger partial charge in [-0.15, -0.1) is 0 Å². The fourth-order valence-electron chi connectivity index (χ4n) is 3.86. The van der Waals surface area contributed by atoms with Gasteiger partial charge in [0, 0.05) is 31.1 Å². The Hall–Kier alpha value is -1.29. The van der Waals surface area contributed by atoms with E-state index in [-0.39, 0.29) is 11.7 Å². The molecule has 4 heteroatoms. The van der Waals surface area contributed by atoms with Gasteiger partial charge >= 0.3 is 0 Å². The first-order valence-corrected chi connectivity index (χ1v) is 8.10. The van der Waals surface area contributed by atoms with Crippen molar-refractivity contribution < 1.29 is 9.18 Å². The summed E-state index contributed by atoms with van der Waals surface area (Å²) in [6, 6.07) is 1.90. The van der Waals surface area contributed by atoms with Gasteiger partial charge in [-0.05, 0) is 43.9 Å². The van der Waals surface area contributed by atoms with E-state index in [1.54, 1.807) is 12.3 Å². The molecule has 1 saturated carbocycles. The Bertz CT molecular complexity index is 505. The quantitative estimate of drug-likeness (QED) is 0.856. The second-order valence-corrected chi connectivity index (χ2v) is 6.36. The summed E-state index contributed by atoms with van der Waals surface area (Å²) in [4.78, 5) is 18.6. The minimum Gasteiger partial charge on any atom is -0.299 e. The summed E-state index contributed by atoms with van der Waals surface area (Å²) < 4.78 is 13.3. The van der Waals surface area contributed by atoms with E-state index in [2.05, 4.69) is 9.88 Å². The fraction of sp³-hybridized carbons (Fsp3) is 0.647. The van der Waals surface area contributed by atoms with Gasteiger partial charge < -0.3 is 0 Å². The van der Waals surface area contributed by atoms with Crippen LogP contribution in [-0.2, 0) is 11.3 Å². The van der Waals surface area contributed by atoms with Crippen molar-refractivity contribution in [2.45, 2.75) is 57.5 Å². The molecular formula is C17H23FN2O. The minimum absolute atomic E-state index is 0.195. The molecule has 3 rings (SSSR count). The van der Waals surface area contributed by atoms with Crippen LogP contribution >= 0.6 is 0 Å². The summed E-state index contributed by atoms with van der Waals surface area (Å²) in [6.45, 7) is 1.71. The maximum absolute atomic E-state index is 13.3. The molecule has 2 fully saturated rings. The van der Waals surface area contributed by atoms with Crippen LogP contribution in [0.15, 0.2) is 18.5 Å². The number of pyridine rings is 1. The largest absolute Gasteiger partial charge is 0.299 e. The summed E-state index contributed by atoms with van der Waals surface area (Å²) in [5.74, 6) is 0.353. The third-order valence-electron chi connectivity index (χ3n) is 4.88. The number of hydrogen-bond donors (Lipinski definition) is 0. The lowest BCUT2D eigenvalue weighted by molar-refractivity contribution is -0.127. The van der Waals surface area contributed by atoms with Crippen LogP contribution < -0.4 is 0 Å². The van der Waals surface area contributed by atoms with Crippen molar-refractivity contribution in [2.24, 2.45) is 5.92 Å². The lowest BCUT2D eigenvalue weighted by Crippen LogP contribution is -2.47. The molecule has 1 aliphatic carbocycles. The van der Waals surface area contributed by atoms with Gasteiger partial charge in [0.15, 0.2) is 0 Å². The lowest BCUT2D eigenvalue weighted by atomic mass is 9.79. The molecule has 21 heavy (non-hydrogen) atoms. The monoisotopic (exact) mass is 290 g/mol. The van der Waals surface area contributed by atoms with Gasteiger partial charge in [-0.25, -0.2) is 4.39 Å². The van der Waals surface area contributed by atoms with Crippen molar-refractivity contribution in [3.05, 3.63) is 29.8 Å². The molecule has 2 aliphatic rings. The number of likely N-dealkylation sites (tertiary alicyclic amines) is 1. The fourth-order valence-corrected chi connectivity index (χ4v) is 3.86. The molecule has 2 unspecified atom stereocenters. The lowest BCUT2D eigenvalue weighted by Gasteiger charge is -2.41. The van der Waals surface area contributed by atoms with Gasteiger partial charge in [-0.1, -0.05) is 12.8 Å². The first-order chi connectivity index (χ1) is 10.2. The Morgan fingerprint density at radius 2 is 2.05 bits per heavy atom. The van der Waals surface area contributed by atoms with Crippen molar-refractivity contribution in [3.63, 3.8) is 0 Å². The maximum atomic E-state index is 13.3. The van der Waals surface area contributed by atoms with Gasteiger partial charge in [0.05, 0.1) is 6.20 Å². The van der Waals surface area contributed by atoms with Crippen molar-refractivity contribution in [1.82, 2.24) is 9.88 Å². The van der Waals surface area contributed by atoms with Crippen LogP contribution in [0.4, 0.5) is 4.39 Å². The maximum Gasteiger partial charge on any atom is 0.141 e. The molecule has 2 heterocycles. The molecule has 0 amide bonds. The number of halogens is 1. The molecule has 0 radical (unpaired) electrons. The Balaban J connectivity index is 1.73. The predicted molar refractivity (Wildman–Crippen MR) is 79.2 cm³/mol. The minimum atomic E-state index is -0.283. The van der Waals surface area contributed by atoms with Crippen LogP contribution in [-0.4, -0.2) is 28.3 Å².